The van der Waals surface area contributed by atoms with Crippen molar-refractivity contribution in [2.75, 3.05) is 6.61 Å². The normalized spacial score (nSPS) is 30.1. The maximum atomic E-state index is 13.2. The summed E-state index contributed by atoms with van der Waals surface area (Å²) in [5, 5.41) is 13.5. The zero-order valence-electron chi connectivity index (χ0n) is 32.4. The standard InChI is InChI=1S/C40H74O3Si2/c1-17-19-22-32(23-20-21-30(3)4)36(43-45(15,16)38(9,10)11)34-26-28-39(12)33(24-25-35(39)40(34,41)27-18-2)31(5)29-42-44(13,14)37(6,7)8/h18,20-21,30-36,41H,2,22-29H2,1,3-16H3/b21-20+/t31-,32-,33-,34+,35?,36+,39-,40+/m1/s1. The average Bonchev–Trinajstić information content (AvgIpc) is 3.25. The van der Waals surface area contributed by atoms with Crippen LogP contribution in [0, 0.1) is 52.8 Å². The molecule has 0 aromatic heterocycles. The number of hydrogen-bond acceptors (Lipinski definition) is 3. The van der Waals surface area contributed by atoms with Gasteiger partial charge in [0.15, 0.2) is 16.6 Å². The molecule has 0 radical (unpaired) electrons. The Labute approximate surface area is 283 Å². The number of aliphatic hydroxyl groups is 1. The molecule has 0 aromatic rings. The highest BCUT2D eigenvalue weighted by atomic mass is 28.4. The van der Waals surface area contributed by atoms with Crippen molar-refractivity contribution < 1.29 is 14.0 Å². The summed E-state index contributed by atoms with van der Waals surface area (Å²) < 4.78 is 14.3. The van der Waals surface area contributed by atoms with E-state index < -0.39 is 22.2 Å². The van der Waals surface area contributed by atoms with E-state index in [-0.39, 0.29) is 39.3 Å². The third kappa shape index (κ3) is 9.29. The third-order valence-electron chi connectivity index (χ3n) is 12.9. The Bertz CT molecular complexity index is 1050. The van der Waals surface area contributed by atoms with Crippen LogP contribution in [0.25, 0.3) is 0 Å². The van der Waals surface area contributed by atoms with Crippen molar-refractivity contribution in [3.63, 3.8) is 0 Å². The largest absolute Gasteiger partial charge is 0.417 e. The predicted molar refractivity (Wildman–Crippen MR) is 201 cm³/mol. The third-order valence-corrected chi connectivity index (χ3v) is 21.9. The lowest BCUT2D eigenvalue weighted by Gasteiger charge is -2.58. The van der Waals surface area contributed by atoms with Crippen LogP contribution in [0.1, 0.15) is 121 Å². The molecule has 1 unspecified atom stereocenters. The van der Waals surface area contributed by atoms with E-state index in [0.29, 0.717) is 24.2 Å². The number of hydrogen-bond donors (Lipinski definition) is 1. The summed E-state index contributed by atoms with van der Waals surface area (Å²) in [5.74, 6) is 8.65. The molecule has 0 heterocycles. The van der Waals surface area contributed by atoms with Gasteiger partial charge in [-0.1, -0.05) is 87.5 Å². The van der Waals surface area contributed by atoms with E-state index in [9.17, 15) is 5.11 Å². The Morgan fingerprint density at radius 2 is 1.56 bits per heavy atom. The first kappa shape index (κ1) is 40.5. The van der Waals surface area contributed by atoms with E-state index in [2.05, 4.69) is 126 Å². The zero-order chi connectivity index (χ0) is 34.6. The molecule has 0 aliphatic heterocycles. The summed E-state index contributed by atoms with van der Waals surface area (Å²) in [5.41, 5.74) is -0.779. The second kappa shape index (κ2) is 15.3. The smallest absolute Gasteiger partial charge is 0.192 e. The van der Waals surface area contributed by atoms with Gasteiger partial charge in [0.2, 0.25) is 0 Å². The van der Waals surface area contributed by atoms with Crippen LogP contribution in [0.4, 0.5) is 0 Å². The molecule has 0 saturated heterocycles. The average molecular weight is 659 g/mol. The Morgan fingerprint density at radius 1 is 0.956 bits per heavy atom. The summed E-state index contributed by atoms with van der Waals surface area (Å²) in [6, 6.07) is 0. The Hall–Kier alpha value is -0.646. The fraction of sp³-hybridized carbons (Fsp3) is 0.850. The molecule has 2 fully saturated rings. The minimum Gasteiger partial charge on any atom is -0.417 e. The molecule has 0 aromatic carbocycles. The first-order chi connectivity index (χ1) is 20.5. The summed E-state index contributed by atoms with van der Waals surface area (Å²) in [7, 11) is -3.98. The van der Waals surface area contributed by atoms with Crippen LogP contribution in [-0.2, 0) is 8.85 Å². The highest BCUT2D eigenvalue weighted by Gasteiger charge is 2.63. The van der Waals surface area contributed by atoms with E-state index in [1.54, 1.807) is 0 Å². The van der Waals surface area contributed by atoms with Gasteiger partial charge in [-0.05, 0) is 117 Å². The second-order valence-corrected chi connectivity index (χ2v) is 28.1. The quantitative estimate of drug-likeness (QED) is 0.115. The molecule has 2 rings (SSSR count). The van der Waals surface area contributed by atoms with Gasteiger partial charge in [-0.15, -0.1) is 18.4 Å². The van der Waals surface area contributed by atoms with Gasteiger partial charge in [-0.2, -0.15) is 0 Å². The number of fused-ring (bicyclic) bond motifs is 1. The fourth-order valence-electron chi connectivity index (χ4n) is 8.12. The van der Waals surface area contributed by atoms with Crippen LogP contribution in [-0.4, -0.2) is 40.1 Å². The zero-order valence-corrected chi connectivity index (χ0v) is 34.4. The predicted octanol–water partition coefficient (Wildman–Crippen LogP) is 11.4. The van der Waals surface area contributed by atoms with Crippen molar-refractivity contribution in [1.29, 1.82) is 0 Å². The lowest BCUT2D eigenvalue weighted by atomic mass is 9.52. The molecule has 5 heteroatoms. The minimum atomic E-state index is -2.15. The molecule has 8 atom stereocenters. The highest BCUT2D eigenvalue weighted by Crippen LogP contribution is 2.64. The van der Waals surface area contributed by atoms with Gasteiger partial charge in [0, 0.05) is 18.9 Å². The van der Waals surface area contributed by atoms with E-state index in [1.165, 1.54) is 0 Å². The van der Waals surface area contributed by atoms with Crippen molar-refractivity contribution >= 4 is 16.6 Å². The summed E-state index contributed by atoms with van der Waals surface area (Å²) in [6.45, 7) is 39.8. The van der Waals surface area contributed by atoms with Crippen molar-refractivity contribution in [2.24, 2.45) is 40.9 Å². The molecular weight excluding hydrogens is 585 g/mol. The van der Waals surface area contributed by atoms with Crippen molar-refractivity contribution in [3.8, 4) is 11.8 Å². The minimum absolute atomic E-state index is 0.0450. The summed E-state index contributed by atoms with van der Waals surface area (Å²) in [4.78, 5) is 0. The summed E-state index contributed by atoms with van der Waals surface area (Å²) in [6.07, 6.45) is 13.3. The molecule has 45 heavy (non-hydrogen) atoms. The van der Waals surface area contributed by atoms with Gasteiger partial charge < -0.3 is 14.0 Å². The van der Waals surface area contributed by atoms with Gasteiger partial charge in [0.05, 0.1) is 11.7 Å². The van der Waals surface area contributed by atoms with Crippen LogP contribution in [0.5, 0.6) is 0 Å². The molecule has 3 nitrogen and oxygen atoms in total. The lowest BCUT2D eigenvalue weighted by molar-refractivity contribution is -0.177. The Morgan fingerprint density at radius 3 is 2.07 bits per heavy atom. The van der Waals surface area contributed by atoms with Crippen molar-refractivity contribution in [1.82, 2.24) is 0 Å². The Balaban J connectivity index is 2.55. The molecule has 0 spiro atoms. The van der Waals surface area contributed by atoms with Gasteiger partial charge in [0.25, 0.3) is 0 Å². The van der Waals surface area contributed by atoms with Gasteiger partial charge in [0.1, 0.15) is 0 Å². The van der Waals surface area contributed by atoms with Crippen LogP contribution in [0.3, 0.4) is 0 Å². The van der Waals surface area contributed by atoms with Crippen molar-refractivity contribution in [3.05, 3.63) is 24.8 Å². The summed E-state index contributed by atoms with van der Waals surface area (Å²) >= 11 is 0. The van der Waals surface area contributed by atoms with Crippen molar-refractivity contribution in [2.45, 2.75) is 169 Å². The van der Waals surface area contributed by atoms with Crippen LogP contribution in [0.2, 0.25) is 36.3 Å². The first-order valence-electron chi connectivity index (χ1n) is 18.2. The molecular formula is C40H74O3Si2. The number of rotatable bonds is 14. The van der Waals surface area contributed by atoms with E-state index in [0.717, 1.165) is 45.1 Å². The SMILES string of the molecule is C=CC[C@@]1(O)C2CC[C@H]([C@H](C)CO[Si](C)(C)C(C)(C)C)[C@@]2(C)CC[C@H]1[C@@H](O[Si](C)(C)C(C)(C)C)[C@H](CC#CC)C/C=C/C(C)C. The molecule has 2 aliphatic rings. The highest BCUT2D eigenvalue weighted by molar-refractivity contribution is 6.74. The maximum absolute atomic E-state index is 13.2. The molecule has 1 N–H and O–H groups in total. The number of allylic oxidation sites excluding steroid dienone is 2. The monoisotopic (exact) mass is 659 g/mol. The topological polar surface area (TPSA) is 38.7 Å². The fourth-order valence-corrected chi connectivity index (χ4v) is 10.6. The second-order valence-electron chi connectivity index (χ2n) is 18.6. The van der Waals surface area contributed by atoms with E-state index in [1.807, 2.05) is 13.0 Å². The van der Waals surface area contributed by atoms with Gasteiger partial charge in [-0.3, -0.25) is 0 Å². The first-order valence-corrected chi connectivity index (χ1v) is 24.0. The molecule has 260 valence electrons. The maximum Gasteiger partial charge on any atom is 0.192 e. The molecule has 2 aliphatic carbocycles. The Kier molecular flexibility index (Phi) is 13.8. The van der Waals surface area contributed by atoms with E-state index >= 15 is 0 Å². The van der Waals surface area contributed by atoms with Crippen LogP contribution >= 0.6 is 0 Å². The van der Waals surface area contributed by atoms with E-state index in [4.69, 9.17) is 8.85 Å². The van der Waals surface area contributed by atoms with Crippen LogP contribution < -0.4 is 0 Å². The molecule has 0 bridgehead atoms. The lowest BCUT2D eigenvalue weighted by Crippen LogP contribution is -2.61. The molecule has 0 amide bonds. The van der Waals surface area contributed by atoms with Gasteiger partial charge in [-0.25, -0.2) is 0 Å². The molecule has 2 saturated carbocycles. The van der Waals surface area contributed by atoms with Crippen LogP contribution in [0.15, 0.2) is 24.8 Å². The van der Waals surface area contributed by atoms with Gasteiger partial charge >= 0.3 is 0 Å².